The Labute approximate surface area is 98.0 Å². The highest BCUT2D eigenvalue weighted by atomic mass is 32.1. The molecule has 0 radical (unpaired) electrons. The zero-order valence-corrected chi connectivity index (χ0v) is 9.70. The Bertz CT molecular complexity index is 373. The molecule has 2 N–H and O–H groups in total. The van der Waals surface area contributed by atoms with E-state index in [2.05, 4.69) is 0 Å². The van der Waals surface area contributed by atoms with Gasteiger partial charge in [0.2, 0.25) is 11.8 Å². The van der Waals surface area contributed by atoms with Crippen LogP contribution < -0.4 is 5.73 Å². The van der Waals surface area contributed by atoms with Crippen molar-refractivity contribution in [1.29, 1.82) is 0 Å². The molecule has 1 aliphatic heterocycles. The van der Waals surface area contributed by atoms with E-state index >= 15 is 0 Å². The molecule has 2 heterocycles. The lowest BCUT2D eigenvalue weighted by Gasteiger charge is -2.30. The van der Waals surface area contributed by atoms with Crippen LogP contribution in [0, 0.1) is 0 Å². The van der Waals surface area contributed by atoms with Gasteiger partial charge < -0.3 is 5.73 Å². The predicted molar refractivity (Wildman–Crippen MR) is 61.7 cm³/mol. The fourth-order valence-corrected chi connectivity index (χ4v) is 2.62. The summed E-state index contributed by atoms with van der Waals surface area (Å²) in [5.41, 5.74) is 5.91. The van der Waals surface area contributed by atoms with Crippen molar-refractivity contribution in [3.8, 4) is 0 Å². The number of carbonyl (C=O) groups is 2. The normalized spacial score (nSPS) is 18.9. The van der Waals surface area contributed by atoms with E-state index < -0.39 is 6.17 Å². The molecule has 1 aliphatic rings. The molecule has 2 rings (SSSR count). The summed E-state index contributed by atoms with van der Waals surface area (Å²) in [7, 11) is 0. The Balaban J connectivity index is 2.05. The van der Waals surface area contributed by atoms with E-state index in [1.165, 1.54) is 4.90 Å². The minimum atomic E-state index is -0.515. The summed E-state index contributed by atoms with van der Waals surface area (Å²) in [5, 5.41) is 1.96. The van der Waals surface area contributed by atoms with Crippen LogP contribution in [-0.4, -0.2) is 22.9 Å². The van der Waals surface area contributed by atoms with E-state index in [4.69, 9.17) is 5.73 Å². The lowest BCUT2D eigenvalue weighted by molar-refractivity contribution is -0.150. The van der Waals surface area contributed by atoms with Gasteiger partial charge in [0, 0.05) is 24.1 Å². The first-order valence-corrected chi connectivity index (χ1v) is 6.19. The van der Waals surface area contributed by atoms with Crippen molar-refractivity contribution in [2.24, 2.45) is 5.73 Å². The van der Waals surface area contributed by atoms with E-state index in [0.29, 0.717) is 25.7 Å². The van der Waals surface area contributed by atoms with Crippen molar-refractivity contribution in [3.63, 3.8) is 0 Å². The number of likely N-dealkylation sites (tertiary alicyclic amines) is 1. The van der Waals surface area contributed by atoms with Crippen LogP contribution in [0.3, 0.4) is 0 Å². The molecule has 86 valence electrons. The summed E-state index contributed by atoms with van der Waals surface area (Å²) in [6.45, 7) is 0. The smallest absolute Gasteiger partial charge is 0.230 e. The van der Waals surface area contributed by atoms with Crippen molar-refractivity contribution < 1.29 is 9.59 Å². The van der Waals surface area contributed by atoms with Crippen LogP contribution in [0.5, 0.6) is 0 Å². The average molecular weight is 238 g/mol. The largest absolute Gasteiger partial charge is 0.310 e. The summed E-state index contributed by atoms with van der Waals surface area (Å²) in [6, 6.07) is 3.90. The Kier molecular flexibility index (Phi) is 3.36. The van der Waals surface area contributed by atoms with Crippen LogP contribution in [0.2, 0.25) is 0 Å². The number of thiophene rings is 1. The van der Waals surface area contributed by atoms with Crippen molar-refractivity contribution >= 4 is 23.2 Å². The van der Waals surface area contributed by atoms with E-state index in [9.17, 15) is 9.59 Å². The van der Waals surface area contributed by atoms with Gasteiger partial charge in [-0.25, -0.2) is 0 Å². The molecule has 0 aliphatic carbocycles. The number of carbonyl (C=O) groups excluding carboxylic acids is 2. The number of rotatable bonds is 3. The molecule has 1 aromatic rings. The lowest BCUT2D eigenvalue weighted by atomic mass is 10.1. The van der Waals surface area contributed by atoms with Gasteiger partial charge in [-0.3, -0.25) is 14.5 Å². The van der Waals surface area contributed by atoms with Crippen LogP contribution in [-0.2, 0) is 16.0 Å². The molecule has 5 heteroatoms. The van der Waals surface area contributed by atoms with Crippen LogP contribution in [0.15, 0.2) is 17.5 Å². The van der Waals surface area contributed by atoms with E-state index in [1.807, 2.05) is 17.5 Å². The first-order chi connectivity index (χ1) is 7.68. The maximum absolute atomic E-state index is 11.6. The van der Waals surface area contributed by atoms with Gasteiger partial charge in [0.25, 0.3) is 0 Å². The number of nitrogens with zero attached hydrogens (tertiary/aromatic N) is 1. The van der Waals surface area contributed by atoms with Crippen molar-refractivity contribution in [3.05, 3.63) is 22.4 Å². The minimum Gasteiger partial charge on any atom is -0.310 e. The predicted octanol–water partition coefficient (Wildman–Crippen LogP) is 1.11. The molecular weight excluding hydrogens is 224 g/mol. The van der Waals surface area contributed by atoms with Gasteiger partial charge in [-0.05, 0) is 17.9 Å². The van der Waals surface area contributed by atoms with Gasteiger partial charge in [-0.1, -0.05) is 6.07 Å². The highest BCUT2D eigenvalue weighted by Crippen LogP contribution is 2.17. The van der Waals surface area contributed by atoms with E-state index in [-0.39, 0.29) is 11.8 Å². The second kappa shape index (κ2) is 4.76. The first-order valence-electron chi connectivity index (χ1n) is 5.31. The standard InChI is InChI=1S/C11H14N2O2S/c12-9(7-8-3-2-6-16-8)13-10(14)4-1-5-11(13)15/h2-3,6,9H,1,4-5,7,12H2. The minimum absolute atomic E-state index is 0.139. The average Bonchev–Trinajstić information content (AvgIpc) is 2.70. The van der Waals surface area contributed by atoms with E-state index in [1.54, 1.807) is 11.3 Å². The van der Waals surface area contributed by atoms with Gasteiger partial charge in [0.15, 0.2) is 0 Å². The Morgan fingerprint density at radius 2 is 2.06 bits per heavy atom. The monoisotopic (exact) mass is 238 g/mol. The molecule has 1 aromatic heterocycles. The third-order valence-corrected chi connectivity index (χ3v) is 3.54. The summed E-state index contributed by atoms with van der Waals surface area (Å²) in [4.78, 5) is 25.5. The highest BCUT2D eigenvalue weighted by Gasteiger charge is 2.30. The molecule has 1 saturated heterocycles. The second-order valence-corrected chi connectivity index (χ2v) is 4.89. The molecule has 2 amide bonds. The summed E-state index contributed by atoms with van der Waals surface area (Å²) in [6.07, 6.45) is 1.56. The van der Waals surface area contributed by atoms with E-state index in [0.717, 1.165) is 4.88 Å². The van der Waals surface area contributed by atoms with Gasteiger partial charge in [0.1, 0.15) is 0 Å². The van der Waals surface area contributed by atoms with Crippen molar-refractivity contribution in [1.82, 2.24) is 4.90 Å². The quantitative estimate of drug-likeness (QED) is 0.802. The molecule has 0 bridgehead atoms. The zero-order valence-electron chi connectivity index (χ0n) is 8.89. The number of nitrogens with two attached hydrogens (primary N) is 1. The SMILES string of the molecule is NC(Cc1cccs1)N1C(=O)CCCC1=O. The third-order valence-electron chi connectivity index (χ3n) is 2.64. The molecule has 1 atom stereocenters. The number of imide groups is 1. The van der Waals surface area contributed by atoms with Gasteiger partial charge in [0.05, 0.1) is 6.17 Å². The maximum Gasteiger partial charge on any atom is 0.230 e. The Morgan fingerprint density at radius 3 is 2.62 bits per heavy atom. The molecule has 0 spiro atoms. The third kappa shape index (κ3) is 2.31. The molecule has 16 heavy (non-hydrogen) atoms. The van der Waals surface area contributed by atoms with Crippen LogP contribution in [0.25, 0.3) is 0 Å². The summed E-state index contributed by atoms with van der Waals surface area (Å²) in [5.74, 6) is -0.277. The van der Waals surface area contributed by atoms with Crippen LogP contribution >= 0.6 is 11.3 Å². The van der Waals surface area contributed by atoms with Gasteiger partial charge in [-0.15, -0.1) is 11.3 Å². The fourth-order valence-electron chi connectivity index (χ4n) is 1.87. The van der Waals surface area contributed by atoms with Gasteiger partial charge >= 0.3 is 0 Å². The number of amides is 2. The Morgan fingerprint density at radius 1 is 1.38 bits per heavy atom. The topological polar surface area (TPSA) is 63.4 Å². The summed E-state index contributed by atoms with van der Waals surface area (Å²) >= 11 is 1.59. The molecule has 1 fully saturated rings. The second-order valence-electron chi connectivity index (χ2n) is 3.86. The molecular formula is C11H14N2O2S. The molecule has 0 aromatic carbocycles. The van der Waals surface area contributed by atoms with Crippen LogP contribution in [0.1, 0.15) is 24.1 Å². The first kappa shape index (κ1) is 11.3. The number of piperidine rings is 1. The molecule has 1 unspecified atom stereocenters. The molecule has 4 nitrogen and oxygen atoms in total. The van der Waals surface area contributed by atoms with Gasteiger partial charge in [-0.2, -0.15) is 0 Å². The van der Waals surface area contributed by atoms with Crippen LogP contribution in [0.4, 0.5) is 0 Å². The van der Waals surface area contributed by atoms with Crippen molar-refractivity contribution in [2.75, 3.05) is 0 Å². The number of hydrogen-bond donors (Lipinski definition) is 1. The highest BCUT2D eigenvalue weighted by molar-refractivity contribution is 7.09. The Hall–Kier alpha value is -1.20. The fraction of sp³-hybridized carbons (Fsp3) is 0.455. The zero-order chi connectivity index (χ0) is 11.5. The molecule has 0 saturated carbocycles. The lowest BCUT2D eigenvalue weighted by Crippen LogP contribution is -2.52. The number of hydrogen-bond acceptors (Lipinski definition) is 4. The summed E-state index contributed by atoms with van der Waals surface area (Å²) < 4.78 is 0. The van der Waals surface area contributed by atoms with Crippen molar-refractivity contribution in [2.45, 2.75) is 31.8 Å². The maximum atomic E-state index is 11.6.